The van der Waals surface area contributed by atoms with Gasteiger partial charge in [0.25, 0.3) is 0 Å². The van der Waals surface area contributed by atoms with Gasteiger partial charge < -0.3 is 15.4 Å². The summed E-state index contributed by atoms with van der Waals surface area (Å²) >= 11 is 0. The van der Waals surface area contributed by atoms with Crippen LogP contribution in [0.5, 0.6) is 0 Å². The first-order chi connectivity index (χ1) is 10.9. The number of nitrogens with one attached hydrogen (secondary N) is 2. The van der Waals surface area contributed by atoms with Gasteiger partial charge in [0.1, 0.15) is 5.60 Å². The lowest BCUT2D eigenvalue weighted by Crippen LogP contribution is -2.34. The second kappa shape index (κ2) is 7.41. The van der Waals surface area contributed by atoms with Crippen LogP contribution in [-0.4, -0.2) is 39.4 Å². The predicted molar refractivity (Wildman–Crippen MR) is 88.3 cm³/mol. The molecule has 1 amide bonds. The fraction of sp³-hybridized carbons (Fsp3) is 0.562. The highest BCUT2D eigenvalue weighted by Crippen LogP contribution is 2.11. The molecule has 2 aromatic rings. The number of nitrogens with zero attached hydrogens (tertiary/aromatic N) is 3. The zero-order chi connectivity index (χ0) is 16.9. The average molecular weight is 319 g/mol. The minimum Gasteiger partial charge on any atom is -0.444 e. The first kappa shape index (κ1) is 17.2. The van der Waals surface area contributed by atoms with Crippen molar-refractivity contribution < 1.29 is 9.53 Å². The minimum absolute atomic E-state index is 0.0777. The molecular formula is C16H25N5O2. The van der Waals surface area contributed by atoms with Crippen LogP contribution in [0.25, 0.3) is 5.65 Å². The van der Waals surface area contributed by atoms with Gasteiger partial charge in [-0.3, -0.25) is 4.40 Å². The van der Waals surface area contributed by atoms with E-state index in [0.29, 0.717) is 6.54 Å². The van der Waals surface area contributed by atoms with E-state index in [2.05, 4.69) is 20.8 Å². The van der Waals surface area contributed by atoms with Crippen molar-refractivity contribution in [1.29, 1.82) is 0 Å². The molecule has 2 N–H and O–H groups in total. The monoisotopic (exact) mass is 319 g/mol. The van der Waals surface area contributed by atoms with Crippen molar-refractivity contribution >= 4 is 11.7 Å². The summed E-state index contributed by atoms with van der Waals surface area (Å²) in [5.74, 6) is 0.876. The lowest BCUT2D eigenvalue weighted by atomic mass is 10.2. The standard InChI is InChI=1S/C16H25N5O2/c1-12(14-20-19-13-8-5-6-11-21(13)14)17-9-7-10-18-15(22)23-16(2,3)4/h5-6,8,11-12,17H,7,9-10H2,1-4H3,(H,18,22). The van der Waals surface area contributed by atoms with Crippen LogP contribution in [0.2, 0.25) is 0 Å². The van der Waals surface area contributed by atoms with E-state index in [1.807, 2.05) is 56.5 Å². The van der Waals surface area contributed by atoms with Crippen LogP contribution in [0.15, 0.2) is 24.4 Å². The van der Waals surface area contributed by atoms with Crippen molar-refractivity contribution in [3.05, 3.63) is 30.2 Å². The Hall–Kier alpha value is -2.15. The van der Waals surface area contributed by atoms with Gasteiger partial charge in [-0.25, -0.2) is 4.79 Å². The van der Waals surface area contributed by atoms with Crippen LogP contribution in [0.4, 0.5) is 4.79 Å². The Morgan fingerprint density at radius 2 is 2.09 bits per heavy atom. The molecule has 0 aliphatic rings. The Labute approximate surface area is 136 Å². The molecule has 0 radical (unpaired) electrons. The maximum Gasteiger partial charge on any atom is 0.407 e. The molecule has 7 heteroatoms. The molecule has 0 saturated heterocycles. The third-order valence-electron chi connectivity index (χ3n) is 3.20. The van der Waals surface area contributed by atoms with Crippen molar-refractivity contribution in [3.8, 4) is 0 Å². The summed E-state index contributed by atoms with van der Waals surface area (Å²) in [6.45, 7) is 8.91. The number of hydrogen-bond donors (Lipinski definition) is 2. The number of ether oxygens (including phenoxy) is 1. The topological polar surface area (TPSA) is 80.5 Å². The Balaban J connectivity index is 1.71. The molecule has 2 aromatic heterocycles. The van der Waals surface area contributed by atoms with E-state index >= 15 is 0 Å². The molecule has 0 aliphatic carbocycles. The fourth-order valence-electron chi connectivity index (χ4n) is 2.16. The lowest BCUT2D eigenvalue weighted by molar-refractivity contribution is 0.0527. The summed E-state index contributed by atoms with van der Waals surface area (Å²) in [4.78, 5) is 11.5. The highest BCUT2D eigenvalue weighted by atomic mass is 16.6. The molecule has 23 heavy (non-hydrogen) atoms. The van der Waals surface area contributed by atoms with Crippen molar-refractivity contribution in [1.82, 2.24) is 25.2 Å². The SMILES string of the molecule is CC(NCCCNC(=O)OC(C)(C)C)c1nnc2ccccn12. The molecule has 0 saturated carbocycles. The third-order valence-corrected chi connectivity index (χ3v) is 3.20. The Morgan fingerprint density at radius 1 is 1.30 bits per heavy atom. The number of alkyl carbamates (subject to hydrolysis) is 1. The van der Waals surface area contributed by atoms with E-state index in [0.717, 1.165) is 24.4 Å². The van der Waals surface area contributed by atoms with Gasteiger partial charge in [-0.15, -0.1) is 10.2 Å². The number of carbonyl (C=O) groups is 1. The van der Waals surface area contributed by atoms with E-state index < -0.39 is 5.60 Å². The number of amides is 1. The molecule has 0 bridgehead atoms. The first-order valence-electron chi connectivity index (χ1n) is 7.87. The zero-order valence-corrected chi connectivity index (χ0v) is 14.2. The predicted octanol–water partition coefficient (Wildman–Crippen LogP) is 2.29. The Bertz CT molecular complexity index is 647. The summed E-state index contributed by atoms with van der Waals surface area (Å²) in [7, 11) is 0. The van der Waals surface area contributed by atoms with Crippen LogP contribution in [-0.2, 0) is 4.74 Å². The van der Waals surface area contributed by atoms with Crippen LogP contribution in [0.3, 0.4) is 0 Å². The van der Waals surface area contributed by atoms with E-state index in [-0.39, 0.29) is 12.1 Å². The second-order valence-corrected chi connectivity index (χ2v) is 6.45. The van der Waals surface area contributed by atoms with Gasteiger partial charge in [-0.05, 0) is 52.8 Å². The molecule has 2 heterocycles. The zero-order valence-electron chi connectivity index (χ0n) is 14.2. The van der Waals surface area contributed by atoms with Crippen molar-refractivity contribution in [2.45, 2.75) is 45.8 Å². The van der Waals surface area contributed by atoms with Crippen LogP contribution in [0, 0.1) is 0 Å². The summed E-state index contributed by atoms with van der Waals surface area (Å²) in [6, 6.07) is 5.90. The van der Waals surface area contributed by atoms with Crippen molar-refractivity contribution in [2.24, 2.45) is 0 Å². The summed E-state index contributed by atoms with van der Waals surface area (Å²) < 4.78 is 7.15. The van der Waals surface area contributed by atoms with E-state index in [4.69, 9.17) is 4.74 Å². The lowest BCUT2D eigenvalue weighted by Gasteiger charge is -2.19. The highest BCUT2D eigenvalue weighted by molar-refractivity contribution is 5.67. The van der Waals surface area contributed by atoms with E-state index in [1.165, 1.54) is 0 Å². The maximum atomic E-state index is 11.5. The van der Waals surface area contributed by atoms with Crippen LogP contribution in [0.1, 0.15) is 46.0 Å². The average Bonchev–Trinajstić information content (AvgIpc) is 2.88. The van der Waals surface area contributed by atoms with Gasteiger partial charge in [-0.2, -0.15) is 0 Å². The molecular weight excluding hydrogens is 294 g/mol. The van der Waals surface area contributed by atoms with Gasteiger partial charge in [0.15, 0.2) is 11.5 Å². The summed E-state index contributed by atoms with van der Waals surface area (Å²) in [6.07, 6.45) is 2.38. The highest BCUT2D eigenvalue weighted by Gasteiger charge is 2.15. The van der Waals surface area contributed by atoms with Crippen LogP contribution >= 0.6 is 0 Å². The Kier molecular flexibility index (Phi) is 5.54. The summed E-state index contributed by atoms with van der Waals surface area (Å²) in [5, 5.41) is 14.5. The minimum atomic E-state index is -0.467. The molecule has 2 rings (SSSR count). The number of aromatic nitrogens is 3. The van der Waals surface area contributed by atoms with Crippen molar-refractivity contribution in [2.75, 3.05) is 13.1 Å². The van der Waals surface area contributed by atoms with Gasteiger partial charge in [0.2, 0.25) is 0 Å². The van der Waals surface area contributed by atoms with Gasteiger partial charge in [0.05, 0.1) is 6.04 Å². The molecule has 126 valence electrons. The molecule has 1 unspecified atom stereocenters. The molecule has 0 aromatic carbocycles. The molecule has 0 spiro atoms. The molecule has 0 fully saturated rings. The quantitative estimate of drug-likeness (QED) is 0.799. The van der Waals surface area contributed by atoms with Crippen LogP contribution < -0.4 is 10.6 Å². The largest absolute Gasteiger partial charge is 0.444 e. The molecule has 7 nitrogen and oxygen atoms in total. The number of rotatable bonds is 6. The van der Waals surface area contributed by atoms with Gasteiger partial charge >= 0.3 is 6.09 Å². The normalized spacial score (nSPS) is 13.0. The van der Waals surface area contributed by atoms with Crippen molar-refractivity contribution in [3.63, 3.8) is 0 Å². The number of fused-ring (bicyclic) bond motifs is 1. The number of hydrogen-bond acceptors (Lipinski definition) is 5. The van der Waals surface area contributed by atoms with E-state index in [1.54, 1.807) is 0 Å². The van der Waals surface area contributed by atoms with E-state index in [9.17, 15) is 4.79 Å². The number of pyridine rings is 1. The molecule has 0 aliphatic heterocycles. The first-order valence-corrected chi connectivity index (χ1v) is 7.87. The third kappa shape index (κ3) is 5.21. The van der Waals surface area contributed by atoms with Gasteiger partial charge in [-0.1, -0.05) is 6.07 Å². The fourth-order valence-corrected chi connectivity index (χ4v) is 2.16. The smallest absolute Gasteiger partial charge is 0.407 e. The molecule has 1 atom stereocenters. The Morgan fingerprint density at radius 3 is 2.83 bits per heavy atom. The maximum absolute atomic E-state index is 11.5. The second-order valence-electron chi connectivity index (χ2n) is 6.45. The number of carbonyl (C=O) groups excluding carboxylic acids is 1. The summed E-state index contributed by atoms with van der Waals surface area (Å²) in [5.41, 5.74) is 0.369. The van der Waals surface area contributed by atoms with Gasteiger partial charge in [0, 0.05) is 12.7 Å².